The summed E-state index contributed by atoms with van der Waals surface area (Å²) in [5, 5.41) is 0. The molecule has 1 heterocycles. The molecule has 1 saturated heterocycles. The lowest BCUT2D eigenvalue weighted by molar-refractivity contribution is -0.130. The van der Waals surface area contributed by atoms with Crippen molar-refractivity contribution in [3.05, 3.63) is 35.9 Å². The standard InChI is InChI=1S/C17H25NO3S/c1-3-11-22(20,21)13-17(19)18-10-9-16(14(2)12-18)15-7-5-4-6-8-15/h4-8,14,16H,3,9-13H2,1-2H3/t14-,16-/m1/s1. The Hall–Kier alpha value is -1.36. The quantitative estimate of drug-likeness (QED) is 0.836. The van der Waals surface area contributed by atoms with Crippen LogP contribution in [0, 0.1) is 5.92 Å². The third kappa shape index (κ3) is 4.32. The predicted molar refractivity (Wildman–Crippen MR) is 88.5 cm³/mol. The lowest BCUT2D eigenvalue weighted by Crippen LogP contribution is -2.44. The van der Waals surface area contributed by atoms with E-state index in [0.717, 1.165) is 6.42 Å². The maximum Gasteiger partial charge on any atom is 0.237 e. The summed E-state index contributed by atoms with van der Waals surface area (Å²) in [6.07, 6.45) is 1.45. The Morgan fingerprint density at radius 2 is 1.95 bits per heavy atom. The topological polar surface area (TPSA) is 54.5 Å². The van der Waals surface area contributed by atoms with Crippen molar-refractivity contribution in [3.63, 3.8) is 0 Å². The molecule has 1 aliphatic rings. The fourth-order valence-corrected chi connectivity index (χ4v) is 4.56. The highest BCUT2D eigenvalue weighted by Gasteiger charge is 2.31. The molecule has 0 N–H and O–H groups in total. The average molecular weight is 323 g/mol. The number of hydrogen-bond acceptors (Lipinski definition) is 3. The number of piperidine rings is 1. The molecule has 2 rings (SSSR count). The molecule has 1 aromatic carbocycles. The van der Waals surface area contributed by atoms with E-state index in [1.807, 2.05) is 25.1 Å². The fraction of sp³-hybridized carbons (Fsp3) is 0.588. The lowest BCUT2D eigenvalue weighted by Gasteiger charge is -2.37. The van der Waals surface area contributed by atoms with Crippen molar-refractivity contribution in [2.75, 3.05) is 24.6 Å². The van der Waals surface area contributed by atoms with Crippen molar-refractivity contribution in [1.82, 2.24) is 4.90 Å². The van der Waals surface area contributed by atoms with Crippen LogP contribution in [0.3, 0.4) is 0 Å². The van der Waals surface area contributed by atoms with Crippen LogP contribution in [-0.2, 0) is 14.6 Å². The van der Waals surface area contributed by atoms with Crippen molar-refractivity contribution in [3.8, 4) is 0 Å². The maximum atomic E-state index is 12.2. The molecule has 1 fully saturated rings. The van der Waals surface area contributed by atoms with Crippen molar-refractivity contribution >= 4 is 15.7 Å². The second-order valence-electron chi connectivity index (χ2n) is 6.21. The Morgan fingerprint density at radius 1 is 1.27 bits per heavy atom. The number of rotatable bonds is 5. The highest BCUT2D eigenvalue weighted by Crippen LogP contribution is 2.32. The van der Waals surface area contributed by atoms with Crippen LogP contribution in [0.4, 0.5) is 0 Å². The second kappa shape index (κ2) is 7.27. The van der Waals surface area contributed by atoms with Gasteiger partial charge in [-0.2, -0.15) is 0 Å². The van der Waals surface area contributed by atoms with E-state index >= 15 is 0 Å². The molecule has 0 aromatic heterocycles. The highest BCUT2D eigenvalue weighted by molar-refractivity contribution is 7.92. The number of carbonyl (C=O) groups is 1. The summed E-state index contributed by atoms with van der Waals surface area (Å²) in [4.78, 5) is 13.9. The van der Waals surface area contributed by atoms with Crippen LogP contribution in [0.15, 0.2) is 30.3 Å². The summed E-state index contributed by atoms with van der Waals surface area (Å²) in [5.74, 6) is 0.288. The van der Waals surface area contributed by atoms with E-state index in [1.54, 1.807) is 4.90 Å². The third-order valence-electron chi connectivity index (χ3n) is 4.34. The predicted octanol–water partition coefficient (Wildman–Crippen LogP) is 2.46. The highest BCUT2D eigenvalue weighted by atomic mass is 32.2. The number of amides is 1. The molecule has 0 unspecified atom stereocenters. The Bertz CT molecular complexity index is 598. The zero-order valence-corrected chi connectivity index (χ0v) is 14.2. The summed E-state index contributed by atoms with van der Waals surface area (Å²) in [7, 11) is -3.25. The van der Waals surface area contributed by atoms with E-state index < -0.39 is 9.84 Å². The van der Waals surface area contributed by atoms with Crippen molar-refractivity contribution in [1.29, 1.82) is 0 Å². The molecule has 1 aromatic rings. The van der Waals surface area contributed by atoms with Crippen LogP contribution >= 0.6 is 0 Å². The van der Waals surface area contributed by atoms with Gasteiger partial charge in [-0.3, -0.25) is 4.79 Å². The lowest BCUT2D eigenvalue weighted by atomic mass is 9.81. The molecular weight excluding hydrogens is 298 g/mol. The minimum atomic E-state index is -3.25. The van der Waals surface area contributed by atoms with E-state index in [0.29, 0.717) is 31.3 Å². The van der Waals surface area contributed by atoms with Gasteiger partial charge in [-0.25, -0.2) is 8.42 Å². The molecule has 0 spiro atoms. The smallest absolute Gasteiger partial charge is 0.237 e. The van der Waals surface area contributed by atoms with Gasteiger partial charge < -0.3 is 4.90 Å². The van der Waals surface area contributed by atoms with Crippen LogP contribution in [-0.4, -0.2) is 43.8 Å². The van der Waals surface area contributed by atoms with Crippen LogP contribution in [0.2, 0.25) is 0 Å². The van der Waals surface area contributed by atoms with Gasteiger partial charge in [0.25, 0.3) is 0 Å². The van der Waals surface area contributed by atoms with Crippen LogP contribution in [0.25, 0.3) is 0 Å². The number of nitrogens with zero attached hydrogens (tertiary/aromatic N) is 1. The van der Waals surface area contributed by atoms with Crippen molar-refractivity contribution in [2.24, 2.45) is 5.92 Å². The number of carbonyl (C=O) groups excluding carboxylic acids is 1. The van der Waals surface area contributed by atoms with Gasteiger partial charge in [0.05, 0.1) is 5.75 Å². The van der Waals surface area contributed by atoms with Gasteiger partial charge in [0.15, 0.2) is 9.84 Å². The van der Waals surface area contributed by atoms with Gasteiger partial charge in [0, 0.05) is 13.1 Å². The van der Waals surface area contributed by atoms with Crippen molar-refractivity contribution in [2.45, 2.75) is 32.6 Å². The van der Waals surface area contributed by atoms with Gasteiger partial charge in [0.2, 0.25) is 5.91 Å². The molecule has 2 atom stereocenters. The maximum absolute atomic E-state index is 12.2. The van der Waals surface area contributed by atoms with Gasteiger partial charge in [-0.05, 0) is 30.2 Å². The minimum absolute atomic E-state index is 0.0920. The van der Waals surface area contributed by atoms with E-state index in [9.17, 15) is 13.2 Å². The first kappa shape index (κ1) is 17.0. The number of likely N-dealkylation sites (tertiary alicyclic amines) is 1. The first-order chi connectivity index (χ1) is 10.4. The Labute approximate surface area is 133 Å². The summed E-state index contributed by atoms with van der Waals surface area (Å²) < 4.78 is 23.6. The first-order valence-corrected chi connectivity index (χ1v) is 9.78. The molecule has 122 valence electrons. The zero-order valence-electron chi connectivity index (χ0n) is 13.4. The number of sulfone groups is 1. The van der Waals surface area contributed by atoms with Gasteiger partial charge in [-0.15, -0.1) is 0 Å². The number of hydrogen-bond donors (Lipinski definition) is 0. The molecule has 1 amide bonds. The molecule has 0 aliphatic carbocycles. The molecule has 5 heteroatoms. The van der Waals surface area contributed by atoms with E-state index in [1.165, 1.54) is 5.56 Å². The first-order valence-electron chi connectivity index (χ1n) is 7.96. The monoisotopic (exact) mass is 323 g/mol. The van der Waals surface area contributed by atoms with Crippen LogP contribution in [0.5, 0.6) is 0 Å². The normalized spacial score (nSPS) is 22.5. The summed E-state index contributed by atoms with van der Waals surface area (Å²) in [6, 6.07) is 10.3. The molecule has 0 saturated carbocycles. The Balaban J connectivity index is 1.97. The average Bonchev–Trinajstić information content (AvgIpc) is 2.47. The van der Waals surface area contributed by atoms with E-state index in [2.05, 4.69) is 19.1 Å². The zero-order chi connectivity index (χ0) is 16.2. The van der Waals surface area contributed by atoms with Crippen molar-refractivity contribution < 1.29 is 13.2 Å². The molecular formula is C17H25NO3S. The van der Waals surface area contributed by atoms with Gasteiger partial charge in [0.1, 0.15) is 5.75 Å². The molecule has 0 bridgehead atoms. The summed E-state index contributed by atoms with van der Waals surface area (Å²) in [5.41, 5.74) is 1.31. The molecule has 4 nitrogen and oxygen atoms in total. The Kier molecular flexibility index (Phi) is 5.62. The van der Waals surface area contributed by atoms with E-state index in [4.69, 9.17) is 0 Å². The molecule has 22 heavy (non-hydrogen) atoms. The van der Waals surface area contributed by atoms with Gasteiger partial charge in [-0.1, -0.05) is 44.2 Å². The summed E-state index contributed by atoms with van der Waals surface area (Å²) >= 11 is 0. The third-order valence-corrected chi connectivity index (χ3v) is 6.06. The van der Waals surface area contributed by atoms with E-state index in [-0.39, 0.29) is 17.4 Å². The minimum Gasteiger partial charge on any atom is -0.342 e. The van der Waals surface area contributed by atoms with Crippen LogP contribution < -0.4 is 0 Å². The van der Waals surface area contributed by atoms with Crippen LogP contribution in [0.1, 0.15) is 38.2 Å². The summed E-state index contributed by atoms with van der Waals surface area (Å²) in [6.45, 7) is 5.23. The SMILES string of the molecule is CCCS(=O)(=O)CC(=O)N1CC[C@@H](c2ccccc2)[C@H](C)C1. The number of benzene rings is 1. The largest absolute Gasteiger partial charge is 0.342 e. The fourth-order valence-electron chi connectivity index (χ4n) is 3.23. The van der Waals surface area contributed by atoms with Gasteiger partial charge >= 0.3 is 0 Å². The Morgan fingerprint density at radius 3 is 2.55 bits per heavy atom. The molecule has 0 radical (unpaired) electrons. The molecule has 1 aliphatic heterocycles. The second-order valence-corrected chi connectivity index (χ2v) is 8.40.